The zero-order valence-corrected chi connectivity index (χ0v) is 12.9. The molecule has 1 aromatic rings. The van der Waals surface area contributed by atoms with Gasteiger partial charge in [0.1, 0.15) is 5.75 Å². The molecule has 1 aliphatic heterocycles. The smallest absolute Gasteiger partial charge is 0.118 e. The minimum absolute atomic E-state index is 0.869. The van der Waals surface area contributed by atoms with Crippen LogP contribution in [0.3, 0.4) is 0 Å². The molecule has 0 aromatic heterocycles. The summed E-state index contributed by atoms with van der Waals surface area (Å²) < 4.78 is 5.17. The normalized spacial score (nSPS) is 17.3. The number of likely N-dealkylation sites (tertiary alicyclic amines) is 1. The van der Waals surface area contributed by atoms with Crippen LogP contribution >= 0.6 is 0 Å². The van der Waals surface area contributed by atoms with Gasteiger partial charge in [0.05, 0.1) is 7.11 Å². The topological polar surface area (TPSA) is 24.5 Å². The fourth-order valence-corrected chi connectivity index (χ4v) is 2.84. The Kier molecular flexibility index (Phi) is 6.34. The highest BCUT2D eigenvalue weighted by Gasteiger charge is 2.17. The summed E-state index contributed by atoms with van der Waals surface area (Å²) in [5, 5.41) is 3.62. The minimum atomic E-state index is 0.869. The molecule has 0 radical (unpaired) electrons. The monoisotopic (exact) mass is 276 g/mol. The maximum absolute atomic E-state index is 5.17. The molecule has 0 bridgehead atoms. The van der Waals surface area contributed by atoms with E-state index in [2.05, 4.69) is 29.3 Å². The van der Waals surface area contributed by atoms with E-state index < -0.39 is 0 Å². The number of benzene rings is 1. The number of hydrogen-bond donors (Lipinski definition) is 1. The molecular weight excluding hydrogens is 248 g/mol. The van der Waals surface area contributed by atoms with Gasteiger partial charge in [-0.15, -0.1) is 0 Å². The van der Waals surface area contributed by atoms with Gasteiger partial charge in [0.2, 0.25) is 0 Å². The Labute approximate surface area is 123 Å². The van der Waals surface area contributed by atoms with Crippen molar-refractivity contribution < 1.29 is 4.74 Å². The first-order valence-electron chi connectivity index (χ1n) is 7.87. The molecule has 1 fully saturated rings. The van der Waals surface area contributed by atoms with Gasteiger partial charge in [0.25, 0.3) is 0 Å². The SMILES string of the molecule is CCN1CCC(CNCCc2ccc(OC)cc2)CC1. The van der Waals surface area contributed by atoms with Crippen molar-refractivity contribution in [1.29, 1.82) is 0 Å². The quantitative estimate of drug-likeness (QED) is 0.775. The maximum atomic E-state index is 5.17. The molecule has 1 aromatic carbocycles. The molecule has 2 rings (SSSR count). The van der Waals surface area contributed by atoms with Crippen LogP contribution in [0, 0.1) is 5.92 Å². The van der Waals surface area contributed by atoms with Gasteiger partial charge in [-0.1, -0.05) is 19.1 Å². The Morgan fingerprint density at radius 3 is 2.50 bits per heavy atom. The van der Waals surface area contributed by atoms with Gasteiger partial charge < -0.3 is 15.0 Å². The lowest BCUT2D eigenvalue weighted by Gasteiger charge is -2.31. The van der Waals surface area contributed by atoms with E-state index in [0.717, 1.165) is 24.6 Å². The minimum Gasteiger partial charge on any atom is -0.497 e. The number of rotatable bonds is 7. The van der Waals surface area contributed by atoms with Gasteiger partial charge in [-0.2, -0.15) is 0 Å². The third-order valence-corrected chi connectivity index (χ3v) is 4.34. The summed E-state index contributed by atoms with van der Waals surface area (Å²) in [6.45, 7) is 8.27. The molecule has 0 amide bonds. The zero-order chi connectivity index (χ0) is 14.2. The van der Waals surface area contributed by atoms with Crippen LogP contribution in [0.15, 0.2) is 24.3 Å². The second-order valence-electron chi connectivity index (χ2n) is 5.68. The molecule has 1 heterocycles. The molecule has 0 unspecified atom stereocenters. The number of hydrogen-bond acceptors (Lipinski definition) is 3. The van der Waals surface area contributed by atoms with E-state index in [1.54, 1.807) is 7.11 Å². The van der Waals surface area contributed by atoms with Gasteiger partial charge in [0.15, 0.2) is 0 Å². The standard InChI is InChI=1S/C17H28N2O/c1-3-19-12-9-16(10-13-19)14-18-11-8-15-4-6-17(20-2)7-5-15/h4-7,16,18H,3,8-14H2,1-2H3. The van der Waals surface area contributed by atoms with Crippen LogP contribution < -0.4 is 10.1 Å². The van der Waals surface area contributed by atoms with Crippen molar-refractivity contribution in [2.45, 2.75) is 26.2 Å². The van der Waals surface area contributed by atoms with Gasteiger partial charge in [-0.25, -0.2) is 0 Å². The van der Waals surface area contributed by atoms with Crippen LogP contribution in [-0.2, 0) is 6.42 Å². The predicted molar refractivity (Wildman–Crippen MR) is 84.4 cm³/mol. The van der Waals surface area contributed by atoms with Crippen LogP contribution in [0.4, 0.5) is 0 Å². The lowest BCUT2D eigenvalue weighted by molar-refractivity contribution is 0.190. The van der Waals surface area contributed by atoms with Gasteiger partial charge >= 0.3 is 0 Å². The Balaban J connectivity index is 1.59. The van der Waals surface area contributed by atoms with E-state index in [1.165, 1.54) is 44.6 Å². The summed E-state index contributed by atoms with van der Waals surface area (Å²) in [7, 11) is 1.71. The highest BCUT2D eigenvalue weighted by molar-refractivity contribution is 5.27. The van der Waals surface area contributed by atoms with Crippen LogP contribution in [-0.4, -0.2) is 44.7 Å². The van der Waals surface area contributed by atoms with Crippen molar-refractivity contribution in [2.75, 3.05) is 39.8 Å². The first-order valence-corrected chi connectivity index (χ1v) is 7.87. The van der Waals surface area contributed by atoms with Gasteiger partial charge in [-0.05, 0) is 75.6 Å². The van der Waals surface area contributed by atoms with E-state index >= 15 is 0 Å². The maximum Gasteiger partial charge on any atom is 0.118 e. The van der Waals surface area contributed by atoms with E-state index in [0.29, 0.717) is 0 Å². The van der Waals surface area contributed by atoms with Gasteiger partial charge in [0, 0.05) is 0 Å². The number of methoxy groups -OCH3 is 1. The zero-order valence-electron chi connectivity index (χ0n) is 12.9. The number of piperidine rings is 1. The van der Waals surface area contributed by atoms with Crippen LogP contribution in [0.25, 0.3) is 0 Å². The fourth-order valence-electron chi connectivity index (χ4n) is 2.84. The third kappa shape index (κ3) is 4.80. The lowest BCUT2D eigenvalue weighted by Crippen LogP contribution is -2.37. The average molecular weight is 276 g/mol. The number of ether oxygens (including phenoxy) is 1. The summed E-state index contributed by atoms with van der Waals surface area (Å²) in [6, 6.07) is 8.38. The fraction of sp³-hybridized carbons (Fsp3) is 0.647. The van der Waals surface area contributed by atoms with Crippen LogP contribution in [0.1, 0.15) is 25.3 Å². The first-order chi connectivity index (χ1) is 9.81. The molecule has 1 aliphatic rings. The molecule has 1 N–H and O–H groups in total. The molecule has 3 heteroatoms. The molecule has 0 saturated carbocycles. The first kappa shape index (κ1) is 15.3. The van der Waals surface area contributed by atoms with E-state index in [-0.39, 0.29) is 0 Å². The number of nitrogens with one attached hydrogen (secondary N) is 1. The van der Waals surface area contributed by atoms with E-state index in [4.69, 9.17) is 4.74 Å². The van der Waals surface area contributed by atoms with Crippen molar-refractivity contribution in [3.05, 3.63) is 29.8 Å². The van der Waals surface area contributed by atoms with E-state index in [1.807, 2.05) is 12.1 Å². The van der Waals surface area contributed by atoms with Crippen molar-refractivity contribution in [2.24, 2.45) is 5.92 Å². The second kappa shape index (κ2) is 8.28. The van der Waals surface area contributed by atoms with Crippen LogP contribution in [0.5, 0.6) is 5.75 Å². The van der Waals surface area contributed by atoms with Crippen LogP contribution in [0.2, 0.25) is 0 Å². The molecule has 20 heavy (non-hydrogen) atoms. The summed E-state index contributed by atoms with van der Waals surface area (Å²) in [6.07, 6.45) is 3.80. The Morgan fingerprint density at radius 1 is 1.20 bits per heavy atom. The lowest BCUT2D eigenvalue weighted by atomic mass is 9.97. The van der Waals surface area contributed by atoms with Crippen molar-refractivity contribution in [3.63, 3.8) is 0 Å². The molecule has 3 nitrogen and oxygen atoms in total. The Morgan fingerprint density at radius 2 is 1.90 bits per heavy atom. The molecule has 1 saturated heterocycles. The van der Waals surface area contributed by atoms with E-state index in [9.17, 15) is 0 Å². The Bertz CT molecular complexity index is 369. The summed E-state index contributed by atoms with van der Waals surface area (Å²) in [5.74, 6) is 1.80. The third-order valence-electron chi connectivity index (χ3n) is 4.34. The van der Waals surface area contributed by atoms with Crippen molar-refractivity contribution in [1.82, 2.24) is 10.2 Å². The Hall–Kier alpha value is -1.06. The van der Waals surface area contributed by atoms with Crippen molar-refractivity contribution in [3.8, 4) is 5.75 Å². The summed E-state index contributed by atoms with van der Waals surface area (Å²) in [4.78, 5) is 2.55. The molecule has 112 valence electrons. The largest absolute Gasteiger partial charge is 0.497 e. The van der Waals surface area contributed by atoms with Gasteiger partial charge in [-0.3, -0.25) is 0 Å². The highest BCUT2D eigenvalue weighted by atomic mass is 16.5. The average Bonchev–Trinajstić information content (AvgIpc) is 2.53. The molecule has 0 atom stereocenters. The van der Waals surface area contributed by atoms with Crippen molar-refractivity contribution >= 4 is 0 Å². The summed E-state index contributed by atoms with van der Waals surface area (Å²) >= 11 is 0. The molecule has 0 aliphatic carbocycles. The highest BCUT2D eigenvalue weighted by Crippen LogP contribution is 2.16. The summed E-state index contributed by atoms with van der Waals surface area (Å²) in [5.41, 5.74) is 1.37. The molecule has 0 spiro atoms. The molecular formula is C17H28N2O. The predicted octanol–water partition coefficient (Wildman–Crippen LogP) is 2.56. The number of nitrogens with zero attached hydrogens (tertiary/aromatic N) is 1. The second-order valence-corrected chi connectivity index (χ2v) is 5.68.